The van der Waals surface area contributed by atoms with E-state index in [-0.39, 0.29) is 5.63 Å². The molecule has 0 spiro atoms. The first-order valence-corrected chi connectivity index (χ1v) is 10.1. The summed E-state index contributed by atoms with van der Waals surface area (Å²) in [7, 11) is 1.64. The molecule has 4 aromatic rings. The van der Waals surface area contributed by atoms with E-state index in [4.69, 9.17) is 9.15 Å². The van der Waals surface area contributed by atoms with Gasteiger partial charge in [-0.25, -0.2) is 9.48 Å². The van der Waals surface area contributed by atoms with Crippen LogP contribution in [0, 0.1) is 0 Å². The molecule has 28 heavy (non-hydrogen) atoms. The number of benzene rings is 2. The molecule has 9 heteroatoms. The van der Waals surface area contributed by atoms with Crippen molar-refractivity contribution < 1.29 is 9.15 Å². The smallest absolute Gasteiger partial charge is 0.336 e. The first-order valence-electron chi connectivity index (χ1n) is 8.36. The molecule has 0 fully saturated rings. The molecule has 0 atom stereocenters. The van der Waals surface area contributed by atoms with Crippen molar-refractivity contribution in [1.82, 2.24) is 20.2 Å². The van der Waals surface area contributed by atoms with Crippen molar-refractivity contribution in [3.63, 3.8) is 0 Å². The number of halogens is 1. The number of fused-ring (bicyclic) bond motifs is 1. The molecule has 7 nitrogen and oxygen atoms in total. The Bertz CT molecular complexity index is 1170. The van der Waals surface area contributed by atoms with Crippen molar-refractivity contribution in [1.29, 1.82) is 0 Å². The highest BCUT2D eigenvalue weighted by molar-refractivity contribution is 9.10. The maximum absolute atomic E-state index is 11.9. The molecule has 142 valence electrons. The van der Waals surface area contributed by atoms with Gasteiger partial charge in [-0.05, 0) is 51.9 Å². The highest BCUT2D eigenvalue weighted by Gasteiger charge is 2.11. The normalized spacial score (nSPS) is 11.1. The SMILES string of the molecule is COc1ccc(Cn2nnnc2SCc2cc(=O)oc3cc(Br)ccc23)cc1. The Balaban J connectivity index is 1.54. The Morgan fingerprint density at radius 3 is 2.79 bits per heavy atom. The summed E-state index contributed by atoms with van der Waals surface area (Å²) in [5.41, 5.74) is 2.11. The Morgan fingerprint density at radius 2 is 2.00 bits per heavy atom. The Hall–Kier alpha value is -2.65. The molecule has 0 aliphatic carbocycles. The maximum Gasteiger partial charge on any atom is 0.336 e. The largest absolute Gasteiger partial charge is 0.497 e. The van der Waals surface area contributed by atoms with Crippen molar-refractivity contribution in [2.75, 3.05) is 7.11 Å². The predicted octanol–water partition coefficient (Wildman–Crippen LogP) is 3.89. The second-order valence-electron chi connectivity index (χ2n) is 5.99. The Kier molecular flexibility index (Phi) is 5.45. The summed E-state index contributed by atoms with van der Waals surface area (Å²) in [6, 6.07) is 14.9. The fourth-order valence-electron chi connectivity index (χ4n) is 2.77. The van der Waals surface area contributed by atoms with Gasteiger partial charge in [-0.2, -0.15) is 0 Å². The molecule has 2 aromatic carbocycles. The molecule has 0 saturated heterocycles. The number of tetrazole rings is 1. The van der Waals surface area contributed by atoms with Crippen LogP contribution < -0.4 is 10.4 Å². The minimum Gasteiger partial charge on any atom is -0.497 e. The van der Waals surface area contributed by atoms with Gasteiger partial charge in [-0.15, -0.1) is 5.10 Å². The third kappa shape index (κ3) is 4.10. The van der Waals surface area contributed by atoms with Crippen LogP contribution in [0.15, 0.2) is 67.4 Å². The summed E-state index contributed by atoms with van der Waals surface area (Å²) >= 11 is 4.87. The van der Waals surface area contributed by atoms with Gasteiger partial charge in [0.2, 0.25) is 5.16 Å². The second-order valence-corrected chi connectivity index (χ2v) is 7.85. The molecule has 0 radical (unpaired) electrons. The van der Waals surface area contributed by atoms with Gasteiger partial charge in [-0.1, -0.05) is 39.8 Å². The van der Waals surface area contributed by atoms with Gasteiger partial charge < -0.3 is 9.15 Å². The number of ether oxygens (including phenoxy) is 1. The van der Waals surface area contributed by atoms with E-state index in [2.05, 4.69) is 31.5 Å². The molecule has 2 aromatic heterocycles. The van der Waals surface area contributed by atoms with Crippen LogP contribution >= 0.6 is 27.7 Å². The molecule has 0 N–H and O–H groups in total. The van der Waals surface area contributed by atoms with Gasteiger partial charge >= 0.3 is 5.63 Å². The van der Waals surface area contributed by atoms with Gasteiger partial charge in [0, 0.05) is 21.7 Å². The lowest BCUT2D eigenvalue weighted by molar-refractivity contribution is 0.414. The van der Waals surface area contributed by atoms with Gasteiger partial charge in [0.15, 0.2) is 0 Å². The zero-order valence-corrected chi connectivity index (χ0v) is 17.2. The Morgan fingerprint density at radius 1 is 1.18 bits per heavy atom. The molecule has 2 heterocycles. The van der Waals surface area contributed by atoms with Crippen LogP contribution in [0.3, 0.4) is 0 Å². The van der Waals surface area contributed by atoms with E-state index < -0.39 is 0 Å². The highest BCUT2D eigenvalue weighted by atomic mass is 79.9. The number of hydrogen-bond donors (Lipinski definition) is 0. The molecular weight excluding hydrogens is 444 g/mol. The number of rotatable bonds is 6. The van der Waals surface area contributed by atoms with Crippen LogP contribution in [0.1, 0.15) is 11.1 Å². The van der Waals surface area contributed by atoms with E-state index in [0.717, 1.165) is 26.7 Å². The van der Waals surface area contributed by atoms with Crippen LogP contribution in [0.25, 0.3) is 11.0 Å². The average molecular weight is 459 g/mol. The first kappa shape index (κ1) is 18.7. The lowest BCUT2D eigenvalue weighted by atomic mass is 10.1. The van der Waals surface area contributed by atoms with Crippen LogP contribution in [-0.2, 0) is 12.3 Å². The highest BCUT2D eigenvalue weighted by Crippen LogP contribution is 2.27. The van der Waals surface area contributed by atoms with Gasteiger partial charge in [0.1, 0.15) is 11.3 Å². The lowest BCUT2D eigenvalue weighted by Crippen LogP contribution is -2.04. The first-order chi connectivity index (χ1) is 13.6. The van der Waals surface area contributed by atoms with E-state index in [1.54, 1.807) is 17.9 Å². The maximum atomic E-state index is 11.9. The van der Waals surface area contributed by atoms with Crippen molar-refractivity contribution >= 4 is 38.7 Å². The third-order valence-corrected chi connectivity index (χ3v) is 5.64. The van der Waals surface area contributed by atoms with E-state index in [1.807, 2.05) is 36.4 Å². The summed E-state index contributed by atoms with van der Waals surface area (Å²) in [4.78, 5) is 11.9. The topological polar surface area (TPSA) is 83.0 Å². The molecule has 0 bridgehead atoms. The molecule has 0 aliphatic rings. The molecular formula is C19H15BrN4O3S. The zero-order valence-electron chi connectivity index (χ0n) is 14.8. The molecule has 0 saturated carbocycles. The second kappa shape index (κ2) is 8.15. The fraction of sp³-hybridized carbons (Fsp3) is 0.158. The van der Waals surface area contributed by atoms with E-state index in [9.17, 15) is 4.79 Å². The summed E-state index contributed by atoms with van der Waals surface area (Å²) < 4.78 is 13.1. The molecule has 0 aliphatic heterocycles. The fourth-order valence-corrected chi connectivity index (χ4v) is 3.98. The van der Waals surface area contributed by atoms with E-state index in [0.29, 0.717) is 23.0 Å². The van der Waals surface area contributed by atoms with Crippen LogP contribution in [0.2, 0.25) is 0 Å². The lowest BCUT2D eigenvalue weighted by Gasteiger charge is -2.07. The minimum absolute atomic E-state index is 0.376. The van der Waals surface area contributed by atoms with Crippen LogP contribution in [-0.4, -0.2) is 27.3 Å². The zero-order chi connectivity index (χ0) is 19.5. The van der Waals surface area contributed by atoms with E-state index in [1.165, 1.54) is 17.8 Å². The predicted molar refractivity (Wildman–Crippen MR) is 110 cm³/mol. The number of methoxy groups -OCH3 is 1. The summed E-state index contributed by atoms with van der Waals surface area (Å²) in [5, 5.41) is 13.5. The molecule has 0 amide bonds. The number of aromatic nitrogens is 4. The average Bonchev–Trinajstić information content (AvgIpc) is 3.13. The van der Waals surface area contributed by atoms with Gasteiger partial charge in [0.05, 0.1) is 13.7 Å². The summed E-state index contributed by atoms with van der Waals surface area (Å²) in [6.45, 7) is 0.546. The molecule has 4 rings (SSSR count). The summed E-state index contributed by atoms with van der Waals surface area (Å²) in [6.07, 6.45) is 0. The number of nitrogens with zero attached hydrogens (tertiary/aromatic N) is 4. The van der Waals surface area contributed by atoms with Crippen LogP contribution in [0.5, 0.6) is 5.75 Å². The van der Waals surface area contributed by atoms with Crippen molar-refractivity contribution in [3.8, 4) is 5.75 Å². The number of hydrogen-bond acceptors (Lipinski definition) is 7. The van der Waals surface area contributed by atoms with Crippen molar-refractivity contribution in [2.24, 2.45) is 0 Å². The quantitative estimate of drug-likeness (QED) is 0.320. The number of thioether (sulfide) groups is 1. The molecule has 0 unspecified atom stereocenters. The summed E-state index contributed by atoms with van der Waals surface area (Å²) in [5.74, 6) is 1.35. The third-order valence-electron chi connectivity index (χ3n) is 4.14. The van der Waals surface area contributed by atoms with Crippen molar-refractivity contribution in [3.05, 3.63) is 74.6 Å². The van der Waals surface area contributed by atoms with Gasteiger partial charge in [0.25, 0.3) is 0 Å². The van der Waals surface area contributed by atoms with E-state index >= 15 is 0 Å². The Labute approximate surface area is 172 Å². The van der Waals surface area contributed by atoms with Crippen LogP contribution in [0.4, 0.5) is 0 Å². The van der Waals surface area contributed by atoms with Crippen molar-refractivity contribution in [2.45, 2.75) is 17.5 Å². The minimum atomic E-state index is -0.376. The standard InChI is InChI=1S/C19H15BrN4O3S/c1-26-15-5-2-12(3-6-15)10-24-19(21-22-23-24)28-11-13-8-18(25)27-17-9-14(20)4-7-16(13)17/h2-9H,10-11H2,1H3. The monoisotopic (exact) mass is 458 g/mol. The van der Waals surface area contributed by atoms with Gasteiger partial charge in [-0.3, -0.25) is 0 Å².